The van der Waals surface area contributed by atoms with Crippen LogP contribution in [-0.4, -0.2) is 6.61 Å². The Morgan fingerprint density at radius 2 is 2.00 bits per heavy atom. The van der Waals surface area contributed by atoms with Gasteiger partial charge in [0.15, 0.2) is 4.67 Å². The largest absolute Gasteiger partial charge is 0.494 e. The minimum absolute atomic E-state index is 0.0654. The third-order valence-electron chi connectivity index (χ3n) is 2.48. The standard InChI is InChI=1S/C13H11Br3O2/c1-2-17-8-3-4-9(11(14)7-8)12(15)10-5-6-18-13(10)16/h3-7,12H,2H2,1H3. The lowest BCUT2D eigenvalue weighted by atomic mass is 10.1. The number of hydrogen-bond acceptors (Lipinski definition) is 2. The van der Waals surface area contributed by atoms with Gasteiger partial charge in [-0.1, -0.05) is 37.9 Å². The first-order chi connectivity index (χ1) is 8.63. The van der Waals surface area contributed by atoms with Gasteiger partial charge >= 0.3 is 0 Å². The van der Waals surface area contributed by atoms with Gasteiger partial charge < -0.3 is 9.15 Å². The molecule has 1 aromatic carbocycles. The predicted octanol–water partition coefficient (Wildman–Crippen LogP) is 5.69. The van der Waals surface area contributed by atoms with Crippen molar-refractivity contribution < 1.29 is 9.15 Å². The van der Waals surface area contributed by atoms with Gasteiger partial charge in [0.05, 0.1) is 17.7 Å². The Morgan fingerprint density at radius 1 is 1.22 bits per heavy atom. The molecule has 1 heterocycles. The second-order valence-electron chi connectivity index (χ2n) is 3.63. The molecule has 1 aromatic heterocycles. The van der Waals surface area contributed by atoms with Crippen molar-refractivity contribution in [2.75, 3.05) is 6.61 Å². The number of alkyl halides is 1. The summed E-state index contributed by atoms with van der Waals surface area (Å²) in [6.07, 6.45) is 1.66. The molecular weight excluding hydrogens is 428 g/mol. The lowest BCUT2D eigenvalue weighted by molar-refractivity contribution is 0.340. The van der Waals surface area contributed by atoms with Crippen LogP contribution in [0, 0.1) is 0 Å². The molecule has 0 N–H and O–H groups in total. The molecular formula is C13H11Br3O2. The van der Waals surface area contributed by atoms with Gasteiger partial charge in [-0.3, -0.25) is 0 Å². The molecule has 0 amide bonds. The smallest absolute Gasteiger partial charge is 0.173 e. The fraction of sp³-hybridized carbons (Fsp3) is 0.231. The maximum atomic E-state index is 5.46. The topological polar surface area (TPSA) is 22.4 Å². The Bertz CT molecular complexity index is 537. The molecule has 0 aliphatic heterocycles. The van der Waals surface area contributed by atoms with Crippen LogP contribution >= 0.6 is 47.8 Å². The van der Waals surface area contributed by atoms with E-state index in [1.54, 1.807) is 6.26 Å². The summed E-state index contributed by atoms with van der Waals surface area (Å²) in [4.78, 5) is 0.0654. The normalized spacial score (nSPS) is 12.4. The molecule has 1 unspecified atom stereocenters. The first-order valence-electron chi connectivity index (χ1n) is 5.42. The van der Waals surface area contributed by atoms with Gasteiger partial charge in [-0.25, -0.2) is 0 Å². The van der Waals surface area contributed by atoms with Crippen molar-refractivity contribution in [2.24, 2.45) is 0 Å². The van der Waals surface area contributed by atoms with E-state index in [-0.39, 0.29) is 4.83 Å². The number of halogens is 3. The second kappa shape index (κ2) is 6.26. The van der Waals surface area contributed by atoms with Crippen LogP contribution in [0.1, 0.15) is 22.9 Å². The summed E-state index contributed by atoms with van der Waals surface area (Å²) in [6.45, 7) is 2.63. The van der Waals surface area contributed by atoms with Crippen molar-refractivity contribution in [3.05, 3.63) is 50.8 Å². The number of ether oxygens (including phenoxy) is 1. The summed E-state index contributed by atoms with van der Waals surface area (Å²) in [7, 11) is 0. The monoisotopic (exact) mass is 436 g/mol. The zero-order valence-electron chi connectivity index (χ0n) is 9.62. The quantitative estimate of drug-likeness (QED) is 0.572. The molecule has 0 bridgehead atoms. The van der Waals surface area contributed by atoms with Crippen LogP contribution in [-0.2, 0) is 0 Å². The molecule has 2 nitrogen and oxygen atoms in total. The highest BCUT2D eigenvalue weighted by Gasteiger charge is 2.18. The summed E-state index contributed by atoms with van der Waals surface area (Å²) in [5.74, 6) is 0.860. The summed E-state index contributed by atoms with van der Waals surface area (Å²) < 4.78 is 12.5. The van der Waals surface area contributed by atoms with E-state index in [2.05, 4.69) is 47.8 Å². The van der Waals surface area contributed by atoms with Crippen molar-refractivity contribution in [2.45, 2.75) is 11.8 Å². The van der Waals surface area contributed by atoms with Crippen LogP contribution in [0.5, 0.6) is 5.75 Å². The van der Waals surface area contributed by atoms with Crippen molar-refractivity contribution >= 4 is 47.8 Å². The molecule has 2 aromatic rings. The number of benzene rings is 1. The fourth-order valence-corrected chi connectivity index (χ4v) is 4.05. The molecule has 96 valence electrons. The first kappa shape index (κ1) is 14.2. The van der Waals surface area contributed by atoms with Gasteiger partial charge in [0.2, 0.25) is 0 Å². The van der Waals surface area contributed by atoms with Gasteiger partial charge in [-0.2, -0.15) is 0 Å². The third-order valence-corrected chi connectivity index (χ3v) is 4.79. The maximum absolute atomic E-state index is 5.46. The predicted molar refractivity (Wildman–Crippen MR) is 82.5 cm³/mol. The second-order valence-corrected chi connectivity index (χ2v) is 6.12. The lowest BCUT2D eigenvalue weighted by Crippen LogP contribution is -1.96. The van der Waals surface area contributed by atoms with Crippen molar-refractivity contribution in [3.63, 3.8) is 0 Å². The van der Waals surface area contributed by atoms with Crippen LogP contribution in [0.15, 0.2) is 44.1 Å². The third kappa shape index (κ3) is 3.00. The fourth-order valence-electron chi connectivity index (χ4n) is 1.62. The average molecular weight is 439 g/mol. The van der Waals surface area contributed by atoms with Crippen LogP contribution in [0.3, 0.4) is 0 Å². The molecule has 1 atom stereocenters. The van der Waals surface area contributed by atoms with Gasteiger partial charge in [-0.05, 0) is 46.6 Å². The van der Waals surface area contributed by atoms with E-state index in [0.29, 0.717) is 6.61 Å². The Labute approximate surface area is 131 Å². The van der Waals surface area contributed by atoms with Gasteiger partial charge in [0.1, 0.15) is 5.75 Å². The minimum atomic E-state index is 0.0654. The zero-order chi connectivity index (χ0) is 13.1. The lowest BCUT2D eigenvalue weighted by Gasteiger charge is -2.12. The van der Waals surface area contributed by atoms with Crippen molar-refractivity contribution in [3.8, 4) is 5.75 Å². The molecule has 5 heteroatoms. The van der Waals surface area contributed by atoms with Crippen LogP contribution < -0.4 is 4.74 Å². The van der Waals surface area contributed by atoms with E-state index in [1.165, 1.54) is 0 Å². The van der Waals surface area contributed by atoms with Gasteiger partial charge in [-0.15, -0.1) is 0 Å². The molecule has 2 rings (SSSR count). The Morgan fingerprint density at radius 3 is 2.56 bits per heavy atom. The molecule has 0 aliphatic rings. The van der Waals surface area contributed by atoms with Crippen LogP contribution in [0.25, 0.3) is 0 Å². The highest BCUT2D eigenvalue weighted by molar-refractivity contribution is 9.11. The van der Waals surface area contributed by atoms with Crippen molar-refractivity contribution in [1.29, 1.82) is 0 Å². The first-order valence-corrected chi connectivity index (χ1v) is 7.92. The number of hydrogen-bond donors (Lipinski definition) is 0. The zero-order valence-corrected chi connectivity index (χ0v) is 14.4. The van der Waals surface area contributed by atoms with E-state index in [0.717, 1.165) is 26.0 Å². The molecule has 0 saturated heterocycles. The molecule has 0 spiro atoms. The molecule has 0 saturated carbocycles. The Balaban J connectivity index is 2.31. The number of rotatable bonds is 4. The summed E-state index contributed by atoms with van der Waals surface area (Å²) in [5.41, 5.74) is 2.18. The van der Waals surface area contributed by atoms with E-state index in [1.807, 2.05) is 31.2 Å². The van der Waals surface area contributed by atoms with Crippen molar-refractivity contribution in [1.82, 2.24) is 0 Å². The van der Waals surface area contributed by atoms with E-state index in [4.69, 9.17) is 9.15 Å². The average Bonchev–Trinajstić information content (AvgIpc) is 2.75. The molecule has 0 radical (unpaired) electrons. The molecule has 18 heavy (non-hydrogen) atoms. The summed E-state index contributed by atoms with van der Waals surface area (Å²) >= 11 is 10.6. The molecule has 0 aliphatic carbocycles. The summed E-state index contributed by atoms with van der Waals surface area (Å²) in [5, 5.41) is 0. The van der Waals surface area contributed by atoms with E-state index < -0.39 is 0 Å². The van der Waals surface area contributed by atoms with Gasteiger partial charge in [0.25, 0.3) is 0 Å². The van der Waals surface area contributed by atoms with Crippen LogP contribution in [0.2, 0.25) is 0 Å². The highest BCUT2D eigenvalue weighted by atomic mass is 79.9. The summed E-state index contributed by atoms with van der Waals surface area (Å²) in [6, 6.07) is 7.91. The minimum Gasteiger partial charge on any atom is -0.494 e. The number of furan rings is 1. The van der Waals surface area contributed by atoms with Crippen LogP contribution in [0.4, 0.5) is 0 Å². The maximum Gasteiger partial charge on any atom is 0.173 e. The molecule has 0 fully saturated rings. The Kier molecular flexibility index (Phi) is 4.92. The van der Waals surface area contributed by atoms with Gasteiger partial charge in [0, 0.05) is 10.0 Å². The Hall–Kier alpha value is -0.260. The SMILES string of the molecule is CCOc1ccc(C(Br)c2ccoc2Br)c(Br)c1. The van der Waals surface area contributed by atoms with E-state index >= 15 is 0 Å². The van der Waals surface area contributed by atoms with E-state index in [9.17, 15) is 0 Å². The highest BCUT2D eigenvalue weighted by Crippen LogP contribution is 2.40.